The average molecular weight is 238 g/mol. The van der Waals surface area contributed by atoms with Crippen LogP contribution in [0.1, 0.15) is 19.9 Å². The molecule has 0 fully saturated rings. The van der Waals surface area contributed by atoms with E-state index in [1.807, 2.05) is 41.3 Å². The van der Waals surface area contributed by atoms with Gasteiger partial charge in [-0.1, -0.05) is 12.1 Å². The fourth-order valence-corrected chi connectivity index (χ4v) is 1.85. The molecule has 1 aromatic carbocycles. The highest BCUT2D eigenvalue weighted by atomic mass is 15.3. The molecule has 4 nitrogen and oxygen atoms in total. The highest BCUT2D eigenvalue weighted by Crippen LogP contribution is 2.19. The lowest BCUT2D eigenvalue weighted by molar-refractivity contribution is 0.532. The van der Waals surface area contributed by atoms with Crippen LogP contribution >= 0.6 is 0 Å². The standard InChI is InChI=1S/C14H14N4/c1-10(2)18-9-11(7-16-18)14-8-15-12-5-3-4-6-13(12)17-14/h3-10H,1-2H3. The van der Waals surface area contributed by atoms with Gasteiger partial charge in [-0.3, -0.25) is 9.67 Å². The maximum absolute atomic E-state index is 4.60. The molecule has 0 amide bonds. The first-order chi connectivity index (χ1) is 8.74. The van der Waals surface area contributed by atoms with Gasteiger partial charge in [-0.25, -0.2) is 4.98 Å². The third-order valence-electron chi connectivity index (χ3n) is 2.87. The van der Waals surface area contributed by atoms with E-state index in [2.05, 4.69) is 28.9 Å². The summed E-state index contributed by atoms with van der Waals surface area (Å²) in [5.41, 5.74) is 3.69. The average Bonchev–Trinajstić information content (AvgIpc) is 2.88. The van der Waals surface area contributed by atoms with Crippen LogP contribution in [0.25, 0.3) is 22.3 Å². The summed E-state index contributed by atoms with van der Waals surface area (Å²) < 4.78 is 1.92. The number of nitrogens with zero attached hydrogens (tertiary/aromatic N) is 4. The van der Waals surface area contributed by atoms with E-state index in [1.54, 1.807) is 6.20 Å². The quantitative estimate of drug-likeness (QED) is 0.689. The monoisotopic (exact) mass is 238 g/mol. The largest absolute Gasteiger partial charge is 0.270 e. The van der Waals surface area contributed by atoms with Gasteiger partial charge in [0.2, 0.25) is 0 Å². The number of benzene rings is 1. The second-order valence-electron chi connectivity index (χ2n) is 4.55. The second-order valence-corrected chi connectivity index (χ2v) is 4.55. The molecule has 2 aromatic heterocycles. The van der Waals surface area contributed by atoms with Crippen LogP contribution in [0, 0.1) is 0 Å². The molecule has 3 rings (SSSR count). The topological polar surface area (TPSA) is 43.6 Å². The van der Waals surface area contributed by atoms with E-state index in [-0.39, 0.29) is 0 Å². The molecule has 18 heavy (non-hydrogen) atoms. The van der Waals surface area contributed by atoms with E-state index in [0.717, 1.165) is 22.3 Å². The smallest absolute Gasteiger partial charge is 0.0924 e. The summed E-state index contributed by atoms with van der Waals surface area (Å²) in [6.07, 6.45) is 5.63. The molecule has 0 aliphatic rings. The van der Waals surface area contributed by atoms with Gasteiger partial charge in [0.15, 0.2) is 0 Å². The Morgan fingerprint density at radius 2 is 1.83 bits per heavy atom. The summed E-state index contributed by atoms with van der Waals surface area (Å²) in [5, 5.41) is 4.32. The third-order valence-corrected chi connectivity index (χ3v) is 2.87. The van der Waals surface area contributed by atoms with Crippen LogP contribution in [-0.4, -0.2) is 19.7 Å². The van der Waals surface area contributed by atoms with Crippen molar-refractivity contribution in [3.8, 4) is 11.3 Å². The zero-order valence-corrected chi connectivity index (χ0v) is 10.4. The first-order valence-electron chi connectivity index (χ1n) is 6.00. The zero-order chi connectivity index (χ0) is 12.5. The Hall–Kier alpha value is -2.23. The molecule has 0 spiro atoms. The maximum atomic E-state index is 4.60. The van der Waals surface area contributed by atoms with Crippen LogP contribution in [0.15, 0.2) is 42.9 Å². The Bertz CT molecular complexity index is 685. The molecule has 90 valence electrons. The second kappa shape index (κ2) is 4.22. The molecule has 0 aliphatic carbocycles. The molecule has 0 aliphatic heterocycles. The van der Waals surface area contributed by atoms with Gasteiger partial charge in [-0.2, -0.15) is 5.10 Å². The first kappa shape index (κ1) is 10.9. The maximum Gasteiger partial charge on any atom is 0.0924 e. The van der Waals surface area contributed by atoms with Crippen molar-refractivity contribution < 1.29 is 0 Å². The van der Waals surface area contributed by atoms with Crippen LogP contribution < -0.4 is 0 Å². The normalized spacial score (nSPS) is 11.3. The van der Waals surface area contributed by atoms with Crippen molar-refractivity contribution in [3.63, 3.8) is 0 Å². The Kier molecular flexibility index (Phi) is 2.55. The fourth-order valence-electron chi connectivity index (χ4n) is 1.85. The van der Waals surface area contributed by atoms with Gasteiger partial charge in [0.1, 0.15) is 0 Å². The third kappa shape index (κ3) is 1.86. The Balaban J connectivity index is 2.07. The van der Waals surface area contributed by atoms with Crippen molar-refractivity contribution in [2.24, 2.45) is 0 Å². The van der Waals surface area contributed by atoms with Crippen molar-refractivity contribution in [1.82, 2.24) is 19.7 Å². The SMILES string of the molecule is CC(C)n1cc(-c2cnc3ccccc3n2)cn1. The summed E-state index contributed by atoms with van der Waals surface area (Å²) >= 11 is 0. The van der Waals surface area contributed by atoms with E-state index in [4.69, 9.17) is 0 Å². The van der Waals surface area contributed by atoms with Gasteiger partial charge in [0.05, 0.1) is 29.1 Å². The van der Waals surface area contributed by atoms with Crippen LogP contribution in [0.4, 0.5) is 0 Å². The molecule has 0 N–H and O–H groups in total. The highest BCUT2D eigenvalue weighted by molar-refractivity contribution is 5.76. The van der Waals surface area contributed by atoms with Crippen LogP contribution in [0.5, 0.6) is 0 Å². The molecule has 0 saturated carbocycles. The number of para-hydroxylation sites is 2. The predicted octanol–water partition coefficient (Wildman–Crippen LogP) is 3.07. The summed E-state index contributed by atoms with van der Waals surface area (Å²) in [4.78, 5) is 9.01. The lowest BCUT2D eigenvalue weighted by atomic mass is 10.2. The molecule has 2 heterocycles. The molecule has 3 aromatic rings. The number of fused-ring (bicyclic) bond motifs is 1. The van der Waals surface area contributed by atoms with Crippen molar-refractivity contribution in [1.29, 1.82) is 0 Å². The van der Waals surface area contributed by atoms with Gasteiger partial charge in [-0.05, 0) is 26.0 Å². The number of hydrogen-bond donors (Lipinski definition) is 0. The molecule has 0 saturated heterocycles. The van der Waals surface area contributed by atoms with E-state index in [9.17, 15) is 0 Å². The molecular formula is C14H14N4. The van der Waals surface area contributed by atoms with E-state index < -0.39 is 0 Å². The summed E-state index contributed by atoms with van der Waals surface area (Å²) in [5.74, 6) is 0. The van der Waals surface area contributed by atoms with E-state index in [1.165, 1.54) is 0 Å². The van der Waals surface area contributed by atoms with Crippen LogP contribution in [-0.2, 0) is 0 Å². The van der Waals surface area contributed by atoms with E-state index in [0.29, 0.717) is 6.04 Å². The first-order valence-corrected chi connectivity index (χ1v) is 6.00. The molecular weight excluding hydrogens is 224 g/mol. The number of hydrogen-bond acceptors (Lipinski definition) is 3. The van der Waals surface area contributed by atoms with Crippen LogP contribution in [0.2, 0.25) is 0 Å². The van der Waals surface area contributed by atoms with Gasteiger partial charge in [0.25, 0.3) is 0 Å². The highest BCUT2D eigenvalue weighted by Gasteiger charge is 2.06. The van der Waals surface area contributed by atoms with Crippen molar-refractivity contribution in [2.75, 3.05) is 0 Å². The van der Waals surface area contributed by atoms with Gasteiger partial charge in [0, 0.05) is 17.8 Å². The summed E-state index contributed by atoms with van der Waals surface area (Å²) in [6.45, 7) is 4.20. The lowest BCUT2D eigenvalue weighted by Crippen LogP contribution is -1.99. The minimum atomic E-state index is 0.354. The van der Waals surface area contributed by atoms with Gasteiger partial charge >= 0.3 is 0 Å². The van der Waals surface area contributed by atoms with Crippen LogP contribution in [0.3, 0.4) is 0 Å². The molecule has 0 atom stereocenters. The predicted molar refractivity (Wildman–Crippen MR) is 71.1 cm³/mol. The number of aromatic nitrogens is 4. The summed E-state index contributed by atoms with van der Waals surface area (Å²) in [7, 11) is 0. The Labute approximate surface area is 105 Å². The zero-order valence-electron chi connectivity index (χ0n) is 10.4. The minimum Gasteiger partial charge on any atom is -0.270 e. The summed E-state index contributed by atoms with van der Waals surface area (Å²) in [6, 6.07) is 8.22. The lowest BCUT2D eigenvalue weighted by Gasteiger charge is -2.03. The number of rotatable bonds is 2. The molecule has 0 bridgehead atoms. The van der Waals surface area contributed by atoms with Crippen molar-refractivity contribution in [3.05, 3.63) is 42.9 Å². The van der Waals surface area contributed by atoms with E-state index >= 15 is 0 Å². The Morgan fingerprint density at radius 1 is 1.06 bits per heavy atom. The van der Waals surface area contributed by atoms with Crippen molar-refractivity contribution in [2.45, 2.75) is 19.9 Å². The minimum absolute atomic E-state index is 0.354. The molecule has 0 unspecified atom stereocenters. The Morgan fingerprint density at radius 3 is 2.56 bits per heavy atom. The van der Waals surface area contributed by atoms with Gasteiger partial charge < -0.3 is 0 Å². The molecule has 0 radical (unpaired) electrons. The van der Waals surface area contributed by atoms with Crippen molar-refractivity contribution >= 4 is 11.0 Å². The van der Waals surface area contributed by atoms with Gasteiger partial charge in [-0.15, -0.1) is 0 Å². The fraction of sp³-hybridized carbons (Fsp3) is 0.214. The molecule has 4 heteroatoms.